The molecule has 2 N–H and O–H groups in total. The first kappa shape index (κ1) is 17.7. The molecule has 2 amide bonds. The van der Waals surface area contributed by atoms with Gasteiger partial charge in [-0.05, 0) is 6.92 Å². The maximum Gasteiger partial charge on any atom is 0.411 e. The van der Waals surface area contributed by atoms with Crippen molar-refractivity contribution in [2.24, 2.45) is 0 Å². The number of piperazine rings is 1. The summed E-state index contributed by atoms with van der Waals surface area (Å²) in [6, 6.07) is -0.631. The minimum absolute atomic E-state index is 0.175. The lowest BCUT2D eigenvalue weighted by atomic mass is 10.1. The molecule has 6 nitrogen and oxygen atoms in total. The van der Waals surface area contributed by atoms with Gasteiger partial charge in [0, 0.05) is 26.2 Å². The van der Waals surface area contributed by atoms with Crippen LogP contribution in [0.1, 0.15) is 13.3 Å². The Balaban J connectivity index is 2.44. The van der Waals surface area contributed by atoms with Crippen molar-refractivity contribution < 1.29 is 27.5 Å². The molecule has 0 aromatic heterocycles. The van der Waals surface area contributed by atoms with Gasteiger partial charge < -0.3 is 20.3 Å². The predicted octanol–water partition coefficient (Wildman–Crippen LogP) is -0.108. The molecule has 1 heterocycles. The highest BCUT2D eigenvalue weighted by atomic mass is 19.4. The number of nitrogens with zero attached hydrogens (tertiary/aromatic N) is 1. The zero-order chi connectivity index (χ0) is 15.9. The van der Waals surface area contributed by atoms with E-state index >= 15 is 0 Å². The van der Waals surface area contributed by atoms with E-state index in [4.69, 9.17) is 0 Å². The molecular formula is C12H20F3N3O3. The molecule has 1 atom stereocenters. The van der Waals surface area contributed by atoms with E-state index in [9.17, 15) is 22.8 Å². The van der Waals surface area contributed by atoms with Gasteiger partial charge in [0.15, 0.2) is 0 Å². The van der Waals surface area contributed by atoms with Crippen LogP contribution in [0.3, 0.4) is 0 Å². The van der Waals surface area contributed by atoms with Gasteiger partial charge in [0.25, 0.3) is 0 Å². The van der Waals surface area contributed by atoms with Gasteiger partial charge in [-0.3, -0.25) is 9.59 Å². The maximum absolute atomic E-state index is 12.0. The summed E-state index contributed by atoms with van der Waals surface area (Å²) in [5.41, 5.74) is 0. The second-order valence-corrected chi connectivity index (χ2v) is 4.62. The zero-order valence-corrected chi connectivity index (χ0v) is 11.8. The number of ether oxygens (including phenoxy) is 1. The molecule has 1 fully saturated rings. The lowest BCUT2D eigenvalue weighted by molar-refractivity contribution is -0.175. The molecule has 0 bridgehead atoms. The van der Waals surface area contributed by atoms with E-state index in [1.54, 1.807) is 6.92 Å². The maximum atomic E-state index is 12.0. The number of rotatable bonds is 6. The molecule has 0 spiro atoms. The number of hydrogen-bond donors (Lipinski definition) is 2. The molecule has 1 rings (SSSR count). The van der Waals surface area contributed by atoms with Gasteiger partial charge in [-0.15, -0.1) is 0 Å². The molecule has 0 saturated carbocycles. The molecule has 0 aromatic carbocycles. The van der Waals surface area contributed by atoms with Gasteiger partial charge in [-0.1, -0.05) is 0 Å². The first-order valence-electron chi connectivity index (χ1n) is 6.77. The van der Waals surface area contributed by atoms with E-state index < -0.39 is 18.8 Å². The standard InChI is InChI=1S/C12H20F3N3O3/c1-2-17-11(20)9-7-16-4-5-18(9)10(19)3-6-21-8-12(13,14)15/h9,16H,2-8H2,1H3,(H,17,20). The topological polar surface area (TPSA) is 70.7 Å². The number of nitrogens with one attached hydrogen (secondary N) is 2. The lowest BCUT2D eigenvalue weighted by Crippen LogP contribution is -2.59. The average Bonchev–Trinajstić information content (AvgIpc) is 2.42. The number of carbonyl (C=O) groups is 2. The first-order chi connectivity index (χ1) is 9.85. The Morgan fingerprint density at radius 1 is 1.43 bits per heavy atom. The molecule has 0 aromatic rings. The monoisotopic (exact) mass is 311 g/mol. The number of hydrogen-bond acceptors (Lipinski definition) is 4. The molecule has 1 saturated heterocycles. The van der Waals surface area contributed by atoms with Gasteiger partial charge in [0.1, 0.15) is 12.6 Å². The van der Waals surface area contributed by atoms with Crippen molar-refractivity contribution in [3.8, 4) is 0 Å². The fourth-order valence-corrected chi connectivity index (χ4v) is 2.02. The van der Waals surface area contributed by atoms with Crippen LogP contribution in [-0.2, 0) is 14.3 Å². The van der Waals surface area contributed by atoms with Crippen LogP contribution in [0.25, 0.3) is 0 Å². The van der Waals surface area contributed by atoms with Gasteiger partial charge in [-0.2, -0.15) is 13.2 Å². The van der Waals surface area contributed by atoms with E-state index in [0.29, 0.717) is 26.2 Å². The van der Waals surface area contributed by atoms with Crippen LogP contribution >= 0.6 is 0 Å². The second-order valence-electron chi connectivity index (χ2n) is 4.62. The quantitative estimate of drug-likeness (QED) is 0.672. The lowest BCUT2D eigenvalue weighted by Gasteiger charge is -2.35. The minimum atomic E-state index is -4.40. The average molecular weight is 311 g/mol. The van der Waals surface area contributed by atoms with Crippen LogP contribution in [0.2, 0.25) is 0 Å². The van der Waals surface area contributed by atoms with Crippen molar-refractivity contribution >= 4 is 11.8 Å². The van der Waals surface area contributed by atoms with Crippen LogP contribution in [0.15, 0.2) is 0 Å². The first-order valence-corrected chi connectivity index (χ1v) is 6.77. The fourth-order valence-electron chi connectivity index (χ4n) is 2.02. The molecule has 122 valence electrons. The molecule has 9 heteroatoms. The van der Waals surface area contributed by atoms with Crippen molar-refractivity contribution in [3.05, 3.63) is 0 Å². The van der Waals surface area contributed by atoms with Gasteiger partial charge in [-0.25, -0.2) is 0 Å². The highest BCUT2D eigenvalue weighted by molar-refractivity contribution is 5.88. The summed E-state index contributed by atoms with van der Waals surface area (Å²) in [7, 11) is 0. The van der Waals surface area contributed by atoms with Crippen LogP contribution < -0.4 is 10.6 Å². The van der Waals surface area contributed by atoms with E-state index in [0.717, 1.165) is 0 Å². The summed E-state index contributed by atoms with van der Waals surface area (Å²) < 4.78 is 40.1. The van der Waals surface area contributed by atoms with Gasteiger partial charge in [0.2, 0.25) is 11.8 Å². The third-order valence-corrected chi connectivity index (χ3v) is 2.94. The smallest absolute Gasteiger partial charge is 0.372 e. The number of carbonyl (C=O) groups excluding carboxylic acids is 2. The Labute approximate surface area is 121 Å². The van der Waals surface area contributed by atoms with E-state index in [-0.39, 0.29) is 24.8 Å². The third-order valence-electron chi connectivity index (χ3n) is 2.94. The van der Waals surface area contributed by atoms with E-state index in [1.165, 1.54) is 4.90 Å². The molecule has 1 aliphatic rings. The van der Waals surface area contributed by atoms with Crippen LogP contribution in [0, 0.1) is 0 Å². The van der Waals surface area contributed by atoms with Crippen molar-refractivity contribution in [1.82, 2.24) is 15.5 Å². The minimum Gasteiger partial charge on any atom is -0.372 e. The Kier molecular flexibility index (Phi) is 6.90. The van der Waals surface area contributed by atoms with Crippen LogP contribution in [-0.4, -0.2) is 68.3 Å². The van der Waals surface area contributed by atoms with Crippen LogP contribution in [0.4, 0.5) is 13.2 Å². The normalized spacial score (nSPS) is 19.4. The largest absolute Gasteiger partial charge is 0.411 e. The molecule has 1 unspecified atom stereocenters. The Hall–Kier alpha value is -1.35. The van der Waals surface area contributed by atoms with Crippen molar-refractivity contribution in [1.29, 1.82) is 0 Å². The molecule has 0 aliphatic carbocycles. The predicted molar refractivity (Wildman–Crippen MR) is 68.5 cm³/mol. The number of halogens is 3. The number of amides is 2. The highest BCUT2D eigenvalue weighted by Crippen LogP contribution is 2.14. The summed E-state index contributed by atoms with van der Waals surface area (Å²) in [4.78, 5) is 25.2. The molecule has 0 radical (unpaired) electrons. The van der Waals surface area contributed by atoms with Crippen molar-refractivity contribution in [2.75, 3.05) is 39.4 Å². The van der Waals surface area contributed by atoms with E-state index in [1.807, 2.05) is 0 Å². The highest BCUT2D eigenvalue weighted by Gasteiger charge is 2.32. The second kappa shape index (κ2) is 8.18. The summed E-state index contributed by atoms with van der Waals surface area (Å²) in [5, 5.41) is 5.65. The summed E-state index contributed by atoms with van der Waals surface area (Å²) in [5.74, 6) is -0.649. The summed E-state index contributed by atoms with van der Waals surface area (Å²) in [6.45, 7) is 1.76. The SMILES string of the molecule is CCNC(=O)C1CNCCN1C(=O)CCOCC(F)(F)F. The molecule has 1 aliphatic heterocycles. The molecular weight excluding hydrogens is 291 g/mol. The zero-order valence-electron chi connectivity index (χ0n) is 11.8. The Morgan fingerprint density at radius 2 is 2.14 bits per heavy atom. The van der Waals surface area contributed by atoms with Crippen LogP contribution in [0.5, 0.6) is 0 Å². The Morgan fingerprint density at radius 3 is 2.76 bits per heavy atom. The van der Waals surface area contributed by atoms with Crippen molar-refractivity contribution in [2.45, 2.75) is 25.6 Å². The summed E-state index contributed by atoms with van der Waals surface area (Å²) >= 11 is 0. The Bertz CT molecular complexity index is 363. The fraction of sp³-hybridized carbons (Fsp3) is 0.833. The third kappa shape index (κ3) is 6.30. The van der Waals surface area contributed by atoms with E-state index in [2.05, 4.69) is 15.4 Å². The summed E-state index contributed by atoms with van der Waals surface area (Å²) in [6.07, 6.45) is -4.58. The molecule has 21 heavy (non-hydrogen) atoms. The van der Waals surface area contributed by atoms with Crippen molar-refractivity contribution in [3.63, 3.8) is 0 Å². The van der Waals surface area contributed by atoms with Gasteiger partial charge >= 0.3 is 6.18 Å². The number of alkyl halides is 3. The van der Waals surface area contributed by atoms with Gasteiger partial charge in [0.05, 0.1) is 13.0 Å². The number of likely N-dealkylation sites (N-methyl/N-ethyl adjacent to an activating group) is 1.